The van der Waals surface area contributed by atoms with Gasteiger partial charge in [-0.25, -0.2) is 9.97 Å². The minimum absolute atomic E-state index is 0.144. The second-order valence-corrected chi connectivity index (χ2v) is 3.43. The zero-order chi connectivity index (χ0) is 11.4. The first kappa shape index (κ1) is 11.2. The number of anilines is 1. The van der Waals surface area contributed by atoms with Crippen LogP contribution < -0.4 is 10.6 Å². The Balaban J connectivity index is 3.06. The molecule has 0 spiro atoms. The molecule has 1 rings (SSSR count). The van der Waals surface area contributed by atoms with E-state index in [0.717, 1.165) is 11.4 Å². The SMILES string of the molecule is Cc1ncc(C/C(N)=N/O)c(N(C)C)n1. The summed E-state index contributed by atoms with van der Waals surface area (Å²) in [5.41, 5.74) is 6.27. The molecule has 0 atom stereocenters. The predicted octanol–water partition coefficient (Wildman–Crippen LogP) is 0.140. The van der Waals surface area contributed by atoms with Gasteiger partial charge in [0.2, 0.25) is 0 Å². The lowest BCUT2D eigenvalue weighted by atomic mass is 10.2. The Kier molecular flexibility index (Phi) is 3.43. The smallest absolute Gasteiger partial charge is 0.143 e. The molecule has 0 aliphatic carbocycles. The number of rotatable bonds is 3. The summed E-state index contributed by atoms with van der Waals surface area (Å²) in [6.45, 7) is 1.82. The van der Waals surface area contributed by atoms with E-state index in [9.17, 15) is 0 Å². The van der Waals surface area contributed by atoms with Crippen LogP contribution in [-0.4, -0.2) is 35.1 Å². The number of amidine groups is 1. The Labute approximate surface area is 88.4 Å². The van der Waals surface area contributed by atoms with E-state index in [1.54, 1.807) is 6.20 Å². The zero-order valence-corrected chi connectivity index (χ0v) is 9.10. The zero-order valence-electron chi connectivity index (χ0n) is 9.10. The van der Waals surface area contributed by atoms with E-state index < -0.39 is 0 Å². The molecule has 82 valence electrons. The van der Waals surface area contributed by atoms with Crippen molar-refractivity contribution in [2.24, 2.45) is 10.9 Å². The first-order chi connectivity index (χ1) is 7.04. The van der Waals surface area contributed by atoms with Crippen LogP contribution in [0, 0.1) is 6.92 Å². The number of nitrogens with zero attached hydrogens (tertiary/aromatic N) is 4. The van der Waals surface area contributed by atoms with Crippen LogP contribution in [0.25, 0.3) is 0 Å². The second kappa shape index (κ2) is 4.59. The normalized spacial score (nSPS) is 11.5. The number of nitrogens with two attached hydrogens (primary N) is 1. The molecule has 0 aliphatic rings. The minimum Gasteiger partial charge on any atom is -0.409 e. The minimum atomic E-state index is 0.144. The summed E-state index contributed by atoms with van der Waals surface area (Å²) in [5, 5.41) is 11.4. The second-order valence-electron chi connectivity index (χ2n) is 3.43. The van der Waals surface area contributed by atoms with Gasteiger partial charge in [0.25, 0.3) is 0 Å². The fourth-order valence-electron chi connectivity index (χ4n) is 1.23. The van der Waals surface area contributed by atoms with Crippen molar-refractivity contribution < 1.29 is 5.21 Å². The van der Waals surface area contributed by atoms with Crippen molar-refractivity contribution >= 4 is 11.7 Å². The molecule has 0 amide bonds. The highest BCUT2D eigenvalue weighted by atomic mass is 16.4. The largest absolute Gasteiger partial charge is 0.409 e. The van der Waals surface area contributed by atoms with E-state index in [-0.39, 0.29) is 5.84 Å². The summed E-state index contributed by atoms with van der Waals surface area (Å²) < 4.78 is 0. The van der Waals surface area contributed by atoms with E-state index in [1.807, 2.05) is 25.9 Å². The highest BCUT2D eigenvalue weighted by Crippen LogP contribution is 2.14. The molecule has 3 N–H and O–H groups in total. The van der Waals surface area contributed by atoms with Gasteiger partial charge >= 0.3 is 0 Å². The molecule has 1 aromatic rings. The van der Waals surface area contributed by atoms with Crippen LogP contribution >= 0.6 is 0 Å². The van der Waals surface area contributed by atoms with Gasteiger partial charge in [-0.1, -0.05) is 5.16 Å². The molecule has 1 heterocycles. The summed E-state index contributed by atoms with van der Waals surface area (Å²) in [7, 11) is 3.77. The van der Waals surface area contributed by atoms with Crippen molar-refractivity contribution in [2.75, 3.05) is 19.0 Å². The lowest BCUT2D eigenvalue weighted by molar-refractivity contribution is 0.317. The predicted molar refractivity (Wildman–Crippen MR) is 58.2 cm³/mol. The van der Waals surface area contributed by atoms with Gasteiger partial charge in [-0.05, 0) is 6.92 Å². The van der Waals surface area contributed by atoms with Crippen molar-refractivity contribution in [3.05, 3.63) is 17.6 Å². The summed E-state index contributed by atoms with van der Waals surface area (Å²) in [6, 6.07) is 0. The fourth-order valence-corrected chi connectivity index (χ4v) is 1.23. The van der Waals surface area contributed by atoms with Crippen LogP contribution in [0.4, 0.5) is 5.82 Å². The third-order valence-electron chi connectivity index (χ3n) is 1.89. The Morgan fingerprint density at radius 1 is 1.60 bits per heavy atom. The number of oxime groups is 1. The van der Waals surface area contributed by atoms with Crippen molar-refractivity contribution in [2.45, 2.75) is 13.3 Å². The lowest BCUT2D eigenvalue weighted by Crippen LogP contribution is -2.20. The van der Waals surface area contributed by atoms with Crippen molar-refractivity contribution in [1.29, 1.82) is 0 Å². The Hall–Kier alpha value is -1.85. The summed E-state index contributed by atoms with van der Waals surface area (Å²) in [4.78, 5) is 10.2. The van der Waals surface area contributed by atoms with Gasteiger partial charge < -0.3 is 15.8 Å². The van der Waals surface area contributed by atoms with Crippen LogP contribution in [0.5, 0.6) is 0 Å². The molecule has 0 aliphatic heterocycles. The first-order valence-electron chi connectivity index (χ1n) is 4.51. The summed E-state index contributed by atoms with van der Waals surface area (Å²) >= 11 is 0. The topological polar surface area (TPSA) is 87.6 Å². The van der Waals surface area contributed by atoms with E-state index >= 15 is 0 Å². The third kappa shape index (κ3) is 2.80. The van der Waals surface area contributed by atoms with Gasteiger partial charge in [0, 0.05) is 32.3 Å². The number of aromatic nitrogens is 2. The Bertz CT molecular complexity index is 375. The maximum absolute atomic E-state index is 8.49. The molecule has 15 heavy (non-hydrogen) atoms. The molecular weight excluding hydrogens is 194 g/mol. The number of aryl methyl sites for hydroxylation is 1. The molecule has 0 saturated carbocycles. The highest BCUT2D eigenvalue weighted by Gasteiger charge is 2.09. The van der Waals surface area contributed by atoms with Gasteiger partial charge in [-0.3, -0.25) is 0 Å². The van der Waals surface area contributed by atoms with Crippen molar-refractivity contribution in [3.63, 3.8) is 0 Å². The fraction of sp³-hybridized carbons (Fsp3) is 0.444. The van der Waals surface area contributed by atoms with Gasteiger partial charge in [-0.2, -0.15) is 0 Å². The van der Waals surface area contributed by atoms with Crippen molar-refractivity contribution in [1.82, 2.24) is 9.97 Å². The molecule has 6 heteroatoms. The molecule has 0 fully saturated rings. The van der Waals surface area contributed by atoms with Crippen LogP contribution in [0.15, 0.2) is 11.4 Å². The quantitative estimate of drug-likeness (QED) is 0.320. The van der Waals surface area contributed by atoms with E-state index in [1.165, 1.54) is 0 Å². The van der Waals surface area contributed by atoms with Crippen molar-refractivity contribution in [3.8, 4) is 0 Å². The lowest BCUT2D eigenvalue weighted by Gasteiger charge is -2.15. The molecule has 0 aromatic carbocycles. The number of hydrogen-bond donors (Lipinski definition) is 2. The van der Waals surface area contributed by atoms with Gasteiger partial charge in [0.15, 0.2) is 0 Å². The van der Waals surface area contributed by atoms with Crippen LogP contribution in [-0.2, 0) is 6.42 Å². The van der Waals surface area contributed by atoms with Gasteiger partial charge in [0.1, 0.15) is 17.5 Å². The van der Waals surface area contributed by atoms with E-state index in [0.29, 0.717) is 12.2 Å². The summed E-state index contributed by atoms with van der Waals surface area (Å²) in [6.07, 6.45) is 2.03. The highest BCUT2D eigenvalue weighted by molar-refractivity contribution is 5.83. The molecule has 0 unspecified atom stereocenters. The molecule has 6 nitrogen and oxygen atoms in total. The van der Waals surface area contributed by atoms with E-state index in [4.69, 9.17) is 10.9 Å². The monoisotopic (exact) mass is 209 g/mol. The van der Waals surface area contributed by atoms with Gasteiger partial charge in [0.05, 0.1) is 0 Å². The van der Waals surface area contributed by atoms with Gasteiger partial charge in [-0.15, -0.1) is 0 Å². The molecular formula is C9H15N5O. The van der Waals surface area contributed by atoms with Crippen LogP contribution in [0.1, 0.15) is 11.4 Å². The summed E-state index contributed by atoms with van der Waals surface area (Å²) in [5.74, 6) is 1.63. The van der Waals surface area contributed by atoms with E-state index in [2.05, 4.69) is 15.1 Å². The number of hydrogen-bond acceptors (Lipinski definition) is 5. The average Bonchev–Trinajstić information content (AvgIpc) is 2.20. The Morgan fingerprint density at radius 3 is 2.80 bits per heavy atom. The molecule has 0 bridgehead atoms. The third-order valence-corrected chi connectivity index (χ3v) is 1.89. The maximum Gasteiger partial charge on any atom is 0.143 e. The Morgan fingerprint density at radius 2 is 2.27 bits per heavy atom. The molecule has 1 aromatic heterocycles. The standard InChI is InChI=1S/C9H15N5O/c1-6-11-5-7(4-8(10)13-15)9(12-6)14(2)3/h5,15H,4H2,1-3H3,(H2,10,13). The molecule has 0 saturated heterocycles. The van der Waals surface area contributed by atoms with Crippen LogP contribution in [0.2, 0.25) is 0 Å². The average molecular weight is 209 g/mol. The maximum atomic E-state index is 8.49. The molecule has 0 radical (unpaired) electrons. The van der Waals surface area contributed by atoms with Crippen LogP contribution in [0.3, 0.4) is 0 Å². The first-order valence-corrected chi connectivity index (χ1v) is 4.51.